The average Bonchev–Trinajstić information content (AvgIpc) is 2.53. The van der Waals surface area contributed by atoms with Crippen LogP contribution in [-0.2, 0) is 4.79 Å². The fraction of sp³-hybridized carbons (Fsp3) is 0.643. The van der Waals surface area contributed by atoms with Gasteiger partial charge in [0.1, 0.15) is 0 Å². The van der Waals surface area contributed by atoms with Crippen LogP contribution >= 0.6 is 0 Å². The summed E-state index contributed by atoms with van der Waals surface area (Å²) in [4.78, 5) is 11.4. The van der Waals surface area contributed by atoms with Gasteiger partial charge in [-0.2, -0.15) is 0 Å². The van der Waals surface area contributed by atoms with E-state index in [0.717, 1.165) is 25.7 Å². The molecule has 0 spiro atoms. The first-order valence-corrected chi connectivity index (χ1v) is 6.46. The van der Waals surface area contributed by atoms with E-state index >= 15 is 0 Å². The second-order valence-corrected chi connectivity index (χ2v) is 4.74. The molecule has 0 saturated heterocycles. The average molecular weight is 237 g/mol. The first kappa shape index (κ1) is 14.0. The fourth-order valence-corrected chi connectivity index (χ4v) is 2.13. The van der Waals surface area contributed by atoms with Gasteiger partial charge in [-0.1, -0.05) is 43.9 Å². The molecule has 0 heterocycles. The van der Waals surface area contributed by atoms with Crippen molar-refractivity contribution in [3.05, 3.63) is 24.3 Å². The van der Waals surface area contributed by atoms with Crippen LogP contribution in [0.5, 0.6) is 0 Å². The van der Waals surface area contributed by atoms with Crippen LogP contribution in [0.15, 0.2) is 24.3 Å². The van der Waals surface area contributed by atoms with Crippen molar-refractivity contribution in [3.8, 4) is 0 Å². The molecule has 3 heteroatoms. The molecule has 0 aromatic rings. The standard InChI is InChI=1S/C14H23NO2/c1-2-3-6-9-13(16)15-12-14(17)10-7-4-5-8-11-14/h2-3,6,9,17H,4-5,7-8,10-12H2,1H3,(H,15,16). The number of rotatable bonds is 4. The second-order valence-electron chi connectivity index (χ2n) is 4.74. The summed E-state index contributed by atoms with van der Waals surface area (Å²) in [5, 5.41) is 13.1. The van der Waals surface area contributed by atoms with Gasteiger partial charge in [0.05, 0.1) is 5.60 Å². The molecule has 0 aliphatic heterocycles. The number of allylic oxidation sites excluding steroid dienone is 3. The molecule has 1 amide bonds. The summed E-state index contributed by atoms with van der Waals surface area (Å²) in [7, 11) is 0. The van der Waals surface area contributed by atoms with E-state index in [0.29, 0.717) is 6.54 Å². The normalized spacial score (nSPS) is 20.6. The van der Waals surface area contributed by atoms with Crippen LogP contribution in [0.4, 0.5) is 0 Å². The zero-order valence-electron chi connectivity index (χ0n) is 10.6. The predicted octanol–water partition coefficient (Wildman–Crippen LogP) is 2.32. The highest BCUT2D eigenvalue weighted by Gasteiger charge is 2.27. The highest BCUT2D eigenvalue weighted by molar-refractivity contribution is 5.87. The monoisotopic (exact) mass is 237 g/mol. The SMILES string of the molecule is CC=CC=CC(=O)NCC1(O)CCCCCC1. The third-order valence-corrected chi connectivity index (χ3v) is 3.18. The summed E-state index contributed by atoms with van der Waals surface area (Å²) in [5.41, 5.74) is -0.694. The molecule has 0 radical (unpaired) electrons. The van der Waals surface area contributed by atoms with E-state index in [2.05, 4.69) is 5.32 Å². The number of nitrogens with one attached hydrogen (secondary N) is 1. The van der Waals surface area contributed by atoms with Gasteiger partial charge in [-0.05, 0) is 19.8 Å². The minimum atomic E-state index is -0.694. The molecule has 3 nitrogen and oxygen atoms in total. The van der Waals surface area contributed by atoms with Gasteiger partial charge in [-0.3, -0.25) is 4.79 Å². The van der Waals surface area contributed by atoms with Crippen LogP contribution in [0.25, 0.3) is 0 Å². The van der Waals surface area contributed by atoms with Crippen LogP contribution in [0.2, 0.25) is 0 Å². The summed E-state index contributed by atoms with van der Waals surface area (Å²) in [6, 6.07) is 0. The largest absolute Gasteiger partial charge is 0.388 e. The van der Waals surface area contributed by atoms with E-state index in [-0.39, 0.29) is 5.91 Å². The van der Waals surface area contributed by atoms with Crippen molar-refractivity contribution in [1.29, 1.82) is 0 Å². The lowest BCUT2D eigenvalue weighted by atomic mass is 9.94. The summed E-state index contributed by atoms with van der Waals surface area (Å²) >= 11 is 0. The van der Waals surface area contributed by atoms with Crippen LogP contribution in [-0.4, -0.2) is 23.2 Å². The molecule has 1 aliphatic carbocycles. The highest BCUT2D eigenvalue weighted by atomic mass is 16.3. The van der Waals surface area contributed by atoms with E-state index in [1.165, 1.54) is 18.9 Å². The molecule has 0 bridgehead atoms. The molecule has 1 aliphatic rings. The molecule has 1 fully saturated rings. The molecule has 2 N–H and O–H groups in total. The van der Waals surface area contributed by atoms with Crippen LogP contribution in [0, 0.1) is 0 Å². The zero-order chi connectivity index (χ0) is 12.6. The zero-order valence-corrected chi connectivity index (χ0v) is 10.6. The fourth-order valence-electron chi connectivity index (χ4n) is 2.13. The molecule has 17 heavy (non-hydrogen) atoms. The molecule has 1 saturated carbocycles. The third kappa shape index (κ3) is 5.68. The smallest absolute Gasteiger partial charge is 0.244 e. The van der Waals surface area contributed by atoms with Crippen molar-refractivity contribution in [1.82, 2.24) is 5.32 Å². The van der Waals surface area contributed by atoms with Crippen molar-refractivity contribution in [2.24, 2.45) is 0 Å². The van der Waals surface area contributed by atoms with E-state index < -0.39 is 5.60 Å². The van der Waals surface area contributed by atoms with Gasteiger partial charge < -0.3 is 10.4 Å². The van der Waals surface area contributed by atoms with Crippen molar-refractivity contribution in [2.75, 3.05) is 6.54 Å². The van der Waals surface area contributed by atoms with Crippen LogP contribution in [0.3, 0.4) is 0 Å². The Hall–Kier alpha value is -1.09. The minimum absolute atomic E-state index is 0.138. The Labute approximate surface area is 104 Å². The maximum Gasteiger partial charge on any atom is 0.244 e. The Morgan fingerprint density at radius 1 is 1.24 bits per heavy atom. The van der Waals surface area contributed by atoms with Crippen molar-refractivity contribution in [2.45, 2.75) is 51.0 Å². The molecule has 0 aromatic carbocycles. The number of amides is 1. The maximum absolute atomic E-state index is 11.4. The topological polar surface area (TPSA) is 49.3 Å². The predicted molar refractivity (Wildman–Crippen MR) is 69.6 cm³/mol. The Kier molecular flexibility index (Phi) is 5.98. The summed E-state index contributed by atoms with van der Waals surface area (Å²) in [6.07, 6.45) is 12.9. The Morgan fingerprint density at radius 2 is 1.88 bits per heavy atom. The quantitative estimate of drug-likeness (QED) is 0.448. The lowest BCUT2D eigenvalue weighted by Gasteiger charge is -2.26. The van der Waals surface area contributed by atoms with Crippen LogP contribution < -0.4 is 5.32 Å². The minimum Gasteiger partial charge on any atom is -0.388 e. The van der Waals surface area contributed by atoms with E-state index in [1.807, 2.05) is 13.0 Å². The van der Waals surface area contributed by atoms with E-state index in [9.17, 15) is 9.90 Å². The van der Waals surface area contributed by atoms with Gasteiger partial charge in [-0.25, -0.2) is 0 Å². The Bertz CT molecular complexity index is 287. The first-order chi connectivity index (χ1) is 8.16. The Morgan fingerprint density at radius 3 is 2.47 bits per heavy atom. The lowest BCUT2D eigenvalue weighted by Crippen LogP contribution is -2.42. The van der Waals surface area contributed by atoms with Gasteiger partial charge in [0.15, 0.2) is 0 Å². The van der Waals surface area contributed by atoms with Crippen LogP contribution in [0.1, 0.15) is 45.4 Å². The number of carbonyl (C=O) groups is 1. The van der Waals surface area contributed by atoms with Crippen molar-refractivity contribution in [3.63, 3.8) is 0 Å². The molecule has 0 unspecified atom stereocenters. The first-order valence-electron chi connectivity index (χ1n) is 6.46. The summed E-state index contributed by atoms with van der Waals surface area (Å²) in [6.45, 7) is 2.27. The van der Waals surface area contributed by atoms with Gasteiger partial charge in [-0.15, -0.1) is 0 Å². The lowest BCUT2D eigenvalue weighted by molar-refractivity contribution is -0.117. The highest BCUT2D eigenvalue weighted by Crippen LogP contribution is 2.26. The number of carbonyl (C=O) groups excluding carboxylic acids is 1. The van der Waals surface area contributed by atoms with E-state index in [4.69, 9.17) is 0 Å². The summed E-state index contributed by atoms with van der Waals surface area (Å²) < 4.78 is 0. The molecule has 1 rings (SSSR count). The maximum atomic E-state index is 11.4. The second kappa shape index (κ2) is 7.28. The number of aliphatic hydroxyl groups is 1. The number of hydrogen-bond donors (Lipinski definition) is 2. The Balaban J connectivity index is 2.35. The molecule has 96 valence electrons. The van der Waals surface area contributed by atoms with Gasteiger partial charge in [0.2, 0.25) is 5.91 Å². The molecule has 0 aromatic heterocycles. The molecular formula is C14H23NO2. The molecule has 0 atom stereocenters. The summed E-state index contributed by atoms with van der Waals surface area (Å²) in [5.74, 6) is -0.138. The van der Waals surface area contributed by atoms with Gasteiger partial charge in [0, 0.05) is 12.6 Å². The number of hydrogen-bond acceptors (Lipinski definition) is 2. The molecular weight excluding hydrogens is 214 g/mol. The van der Waals surface area contributed by atoms with Crippen molar-refractivity contribution >= 4 is 5.91 Å². The van der Waals surface area contributed by atoms with Gasteiger partial charge >= 0.3 is 0 Å². The van der Waals surface area contributed by atoms with E-state index in [1.54, 1.807) is 12.2 Å². The van der Waals surface area contributed by atoms with Gasteiger partial charge in [0.25, 0.3) is 0 Å². The third-order valence-electron chi connectivity index (χ3n) is 3.18. The van der Waals surface area contributed by atoms with Crippen molar-refractivity contribution < 1.29 is 9.90 Å².